The zero-order valence-corrected chi connectivity index (χ0v) is 16.9. The van der Waals surface area contributed by atoms with Crippen LogP contribution in [-0.4, -0.2) is 16.6 Å². The Morgan fingerprint density at radius 2 is 1.89 bits per heavy atom. The highest BCUT2D eigenvalue weighted by molar-refractivity contribution is 7.80. The predicted octanol–water partition coefficient (Wildman–Crippen LogP) is 5.31. The van der Waals surface area contributed by atoms with Gasteiger partial charge in [0.1, 0.15) is 5.82 Å². The number of nitrogens with zero attached hydrogens (tertiary/aromatic N) is 2. The zero-order valence-electron chi connectivity index (χ0n) is 15.4. The van der Waals surface area contributed by atoms with Crippen LogP contribution in [0.1, 0.15) is 17.5 Å². The summed E-state index contributed by atoms with van der Waals surface area (Å²) >= 11 is 11.6. The van der Waals surface area contributed by atoms with Gasteiger partial charge in [0.2, 0.25) is 0 Å². The van der Waals surface area contributed by atoms with Crippen LogP contribution in [0.25, 0.3) is 0 Å². The van der Waals surface area contributed by atoms with Gasteiger partial charge in [-0.1, -0.05) is 48.0 Å². The van der Waals surface area contributed by atoms with E-state index in [1.54, 1.807) is 0 Å². The summed E-state index contributed by atoms with van der Waals surface area (Å²) in [6.45, 7) is 1.55. The lowest BCUT2D eigenvalue weighted by Crippen LogP contribution is -2.28. The van der Waals surface area contributed by atoms with Gasteiger partial charge in [-0.3, -0.25) is 0 Å². The normalized spacial score (nSPS) is 13.0. The van der Waals surface area contributed by atoms with E-state index >= 15 is 0 Å². The predicted molar refractivity (Wildman–Crippen MR) is 121 cm³/mol. The first-order valence-electron chi connectivity index (χ1n) is 9.30. The second-order valence-corrected chi connectivity index (χ2v) is 7.50. The summed E-state index contributed by atoms with van der Waals surface area (Å²) in [5.74, 6) is 0.952. The van der Waals surface area contributed by atoms with Gasteiger partial charge in [-0.25, -0.2) is 4.98 Å². The average Bonchev–Trinajstić information content (AvgIpc) is 2.73. The number of thiocarbonyl (C=S) groups is 1. The van der Waals surface area contributed by atoms with Crippen LogP contribution in [-0.2, 0) is 13.0 Å². The van der Waals surface area contributed by atoms with Crippen LogP contribution in [0.15, 0.2) is 66.9 Å². The van der Waals surface area contributed by atoms with E-state index in [2.05, 4.69) is 44.8 Å². The second kappa shape index (κ2) is 8.59. The zero-order chi connectivity index (χ0) is 19.3. The average molecular weight is 409 g/mol. The van der Waals surface area contributed by atoms with E-state index in [1.165, 1.54) is 11.3 Å². The summed E-state index contributed by atoms with van der Waals surface area (Å²) in [7, 11) is 0. The molecule has 2 N–H and O–H groups in total. The fourth-order valence-corrected chi connectivity index (χ4v) is 3.78. The van der Waals surface area contributed by atoms with Crippen LogP contribution >= 0.6 is 23.8 Å². The third-order valence-electron chi connectivity index (χ3n) is 4.79. The molecule has 4 nitrogen and oxygen atoms in total. The number of benzene rings is 2. The number of anilines is 3. The number of hydrogen-bond donors (Lipinski definition) is 2. The lowest BCUT2D eigenvalue weighted by molar-refractivity contribution is 0.760. The minimum Gasteiger partial charge on any atom is -0.358 e. The summed E-state index contributed by atoms with van der Waals surface area (Å²) in [5, 5.41) is 7.62. The summed E-state index contributed by atoms with van der Waals surface area (Å²) in [6, 6.07) is 20.3. The van der Waals surface area contributed by atoms with E-state index in [1.807, 2.05) is 42.6 Å². The number of para-hydroxylation sites is 1. The topological polar surface area (TPSA) is 40.2 Å². The highest BCUT2D eigenvalue weighted by Gasteiger charge is 2.18. The summed E-state index contributed by atoms with van der Waals surface area (Å²) in [6.07, 6.45) is 4.07. The molecule has 0 fully saturated rings. The molecule has 2 aromatic carbocycles. The molecule has 1 aliphatic heterocycles. The Kier molecular flexibility index (Phi) is 5.74. The number of pyridine rings is 1. The number of rotatable bonds is 4. The number of aromatic nitrogens is 1. The molecule has 0 bridgehead atoms. The Labute approximate surface area is 175 Å². The molecule has 0 aliphatic carbocycles. The monoisotopic (exact) mass is 408 g/mol. The molecular weight excluding hydrogens is 388 g/mol. The maximum atomic E-state index is 6.18. The van der Waals surface area contributed by atoms with Crippen LogP contribution in [0.3, 0.4) is 0 Å². The van der Waals surface area contributed by atoms with Crippen molar-refractivity contribution in [2.75, 3.05) is 16.8 Å². The standard InChI is InChI=1S/C22H21ClN4S/c23-19-9-3-1-7-17(19)14-25-22(28)26-18-11-12-21(24-15-18)27-13-5-8-16-6-2-4-10-20(16)27/h1-4,6-7,9-12,15H,5,8,13-14H2,(H2,25,26,28). The van der Waals surface area contributed by atoms with Gasteiger partial charge in [0.15, 0.2) is 5.11 Å². The van der Waals surface area contributed by atoms with Crippen molar-refractivity contribution in [2.24, 2.45) is 0 Å². The smallest absolute Gasteiger partial charge is 0.171 e. The maximum Gasteiger partial charge on any atom is 0.171 e. The molecule has 1 aliphatic rings. The quantitative estimate of drug-likeness (QED) is 0.573. The van der Waals surface area contributed by atoms with Gasteiger partial charge in [-0.05, 0) is 60.5 Å². The molecule has 6 heteroatoms. The van der Waals surface area contributed by atoms with Gasteiger partial charge in [-0.15, -0.1) is 0 Å². The molecule has 0 amide bonds. The van der Waals surface area contributed by atoms with Crippen molar-refractivity contribution in [2.45, 2.75) is 19.4 Å². The van der Waals surface area contributed by atoms with E-state index in [0.29, 0.717) is 11.7 Å². The highest BCUT2D eigenvalue weighted by atomic mass is 35.5. The second-order valence-electron chi connectivity index (χ2n) is 6.69. The van der Waals surface area contributed by atoms with Gasteiger partial charge in [-0.2, -0.15) is 0 Å². The van der Waals surface area contributed by atoms with Crippen LogP contribution in [0.2, 0.25) is 5.02 Å². The third-order valence-corrected chi connectivity index (χ3v) is 5.40. The third kappa shape index (κ3) is 4.26. The molecule has 0 saturated heterocycles. The number of halogens is 1. The molecule has 3 aromatic rings. The molecule has 0 atom stereocenters. The first-order chi connectivity index (χ1) is 13.7. The van der Waals surface area contributed by atoms with Crippen LogP contribution < -0.4 is 15.5 Å². The Hall–Kier alpha value is -2.63. The minimum atomic E-state index is 0.540. The van der Waals surface area contributed by atoms with Crippen molar-refractivity contribution in [1.82, 2.24) is 10.3 Å². The summed E-state index contributed by atoms with van der Waals surface area (Å²) < 4.78 is 0. The number of aryl methyl sites for hydroxylation is 1. The molecule has 142 valence electrons. The fraction of sp³-hybridized carbons (Fsp3) is 0.182. The molecule has 1 aromatic heterocycles. The van der Waals surface area contributed by atoms with E-state index < -0.39 is 0 Å². The van der Waals surface area contributed by atoms with Crippen molar-refractivity contribution in [3.63, 3.8) is 0 Å². The molecule has 0 saturated carbocycles. The minimum absolute atomic E-state index is 0.540. The fourth-order valence-electron chi connectivity index (χ4n) is 3.38. The molecule has 28 heavy (non-hydrogen) atoms. The van der Waals surface area contributed by atoms with E-state index in [-0.39, 0.29) is 0 Å². The van der Waals surface area contributed by atoms with E-state index in [0.717, 1.165) is 41.5 Å². The van der Waals surface area contributed by atoms with Crippen molar-refractivity contribution in [1.29, 1.82) is 0 Å². The Morgan fingerprint density at radius 1 is 1.07 bits per heavy atom. The first-order valence-corrected chi connectivity index (χ1v) is 10.1. The van der Waals surface area contributed by atoms with Crippen LogP contribution in [0, 0.1) is 0 Å². The number of hydrogen-bond acceptors (Lipinski definition) is 3. The number of fused-ring (bicyclic) bond motifs is 1. The molecule has 0 radical (unpaired) electrons. The van der Waals surface area contributed by atoms with Gasteiger partial charge < -0.3 is 15.5 Å². The Bertz CT molecular complexity index is 974. The molecule has 0 spiro atoms. The van der Waals surface area contributed by atoms with Gasteiger partial charge in [0.25, 0.3) is 0 Å². The van der Waals surface area contributed by atoms with E-state index in [9.17, 15) is 0 Å². The number of nitrogens with one attached hydrogen (secondary N) is 2. The first kappa shape index (κ1) is 18.7. The van der Waals surface area contributed by atoms with Crippen molar-refractivity contribution in [3.05, 3.63) is 83.0 Å². The summed E-state index contributed by atoms with van der Waals surface area (Å²) in [5.41, 5.74) is 4.48. The maximum absolute atomic E-state index is 6.18. The van der Waals surface area contributed by atoms with E-state index in [4.69, 9.17) is 23.8 Å². The molecule has 4 rings (SSSR count). The Balaban J connectivity index is 1.39. The highest BCUT2D eigenvalue weighted by Crippen LogP contribution is 2.32. The lowest BCUT2D eigenvalue weighted by Gasteiger charge is -2.30. The van der Waals surface area contributed by atoms with Crippen molar-refractivity contribution >= 4 is 46.1 Å². The van der Waals surface area contributed by atoms with Gasteiger partial charge >= 0.3 is 0 Å². The van der Waals surface area contributed by atoms with Crippen molar-refractivity contribution in [3.8, 4) is 0 Å². The van der Waals surface area contributed by atoms with Gasteiger partial charge in [0.05, 0.1) is 11.9 Å². The Morgan fingerprint density at radius 3 is 2.71 bits per heavy atom. The van der Waals surface area contributed by atoms with Crippen LogP contribution in [0.4, 0.5) is 17.2 Å². The van der Waals surface area contributed by atoms with Crippen molar-refractivity contribution < 1.29 is 0 Å². The van der Waals surface area contributed by atoms with Crippen LogP contribution in [0.5, 0.6) is 0 Å². The SMILES string of the molecule is S=C(NCc1ccccc1Cl)Nc1ccc(N2CCCc3ccccc32)nc1. The molecule has 0 unspecified atom stereocenters. The molecular formula is C22H21ClN4S. The lowest BCUT2D eigenvalue weighted by atomic mass is 10.0. The molecule has 2 heterocycles. The largest absolute Gasteiger partial charge is 0.358 e. The van der Waals surface area contributed by atoms with Gasteiger partial charge in [0, 0.05) is 23.8 Å². The summed E-state index contributed by atoms with van der Waals surface area (Å²) in [4.78, 5) is 6.92.